The molecule has 0 aliphatic heterocycles. The number of hydrogen-bond acceptors (Lipinski definition) is 6. The lowest BCUT2D eigenvalue weighted by atomic mass is 9.83. The summed E-state index contributed by atoms with van der Waals surface area (Å²) in [7, 11) is 1.89. The Morgan fingerprint density at radius 2 is 2.07 bits per heavy atom. The van der Waals surface area contributed by atoms with Crippen LogP contribution in [0.2, 0.25) is 0 Å². The Morgan fingerprint density at radius 3 is 2.87 bits per heavy atom. The van der Waals surface area contributed by atoms with Crippen LogP contribution in [0.3, 0.4) is 0 Å². The third-order valence-corrected chi connectivity index (χ3v) is 5.70. The molecule has 0 amide bonds. The first kappa shape index (κ1) is 18.7. The van der Waals surface area contributed by atoms with Gasteiger partial charge in [-0.15, -0.1) is 0 Å². The van der Waals surface area contributed by atoms with E-state index in [1.54, 1.807) is 17.2 Å². The quantitative estimate of drug-likeness (QED) is 0.543. The molecule has 4 aromatic heterocycles. The second-order valence-corrected chi connectivity index (χ2v) is 8.36. The first-order valence-electron chi connectivity index (χ1n) is 10.3. The molecule has 8 heteroatoms. The van der Waals surface area contributed by atoms with E-state index in [9.17, 15) is 5.11 Å². The summed E-state index contributed by atoms with van der Waals surface area (Å²) in [5.74, 6) is 0.797. The van der Waals surface area contributed by atoms with Gasteiger partial charge in [-0.05, 0) is 62.9 Å². The molecular weight excluding hydrogens is 378 g/mol. The maximum Gasteiger partial charge on any atom is 0.166 e. The van der Waals surface area contributed by atoms with Crippen LogP contribution >= 0.6 is 0 Å². The Bertz CT molecular complexity index is 1190. The zero-order valence-electron chi connectivity index (χ0n) is 17.2. The van der Waals surface area contributed by atoms with Crippen molar-refractivity contribution in [1.29, 1.82) is 0 Å². The minimum atomic E-state index is -0.610. The van der Waals surface area contributed by atoms with Crippen molar-refractivity contribution in [3.63, 3.8) is 0 Å². The Kier molecular flexibility index (Phi) is 4.51. The molecule has 0 radical (unpaired) electrons. The molecule has 4 aromatic rings. The number of imidazole rings is 1. The lowest BCUT2D eigenvalue weighted by Gasteiger charge is -2.34. The fraction of sp³-hybridized carbons (Fsp3) is 0.364. The summed E-state index contributed by atoms with van der Waals surface area (Å²) in [5.41, 5.74) is 3.55. The zero-order valence-corrected chi connectivity index (χ0v) is 17.2. The molecule has 1 fully saturated rings. The summed E-state index contributed by atoms with van der Waals surface area (Å²) in [5, 5.41) is 18.3. The SMILES string of the molecule is Cn1ccc(-c2cc(-n3cnc4ccc(N[C@@H]5CCC[C@](C)(O)C5)nc43)ccn2)n1. The molecule has 0 unspecified atom stereocenters. The van der Waals surface area contributed by atoms with Crippen molar-refractivity contribution in [3.05, 3.63) is 49.1 Å². The maximum atomic E-state index is 10.4. The summed E-state index contributed by atoms with van der Waals surface area (Å²) >= 11 is 0. The predicted molar refractivity (Wildman–Crippen MR) is 115 cm³/mol. The highest BCUT2D eigenvalue weighted by Gasteiger charge is 2.30. The molecule has 0 spiro atoms. The largest absolute Gasteiger partial charge is 0.390 e. The molecule has 5 rings (SSSR count). The Labute approximate surface area is 174 Å². The lowest BCUT2D eigenvalue weighted by Crippen LogP contribution is -2.38. The molecule has 0 saturated heterocycles. The van der Waals surface area contributed by atoms with Crippen molar-refractivity contribution in [2.75, 3.05) is 5.32 Å². The number of nitrogens with one attached hydrogen (secondary N) is 1. The van der Waals surface area contributed by atoms with Gasteiger partial charge in [0.05, 0.1) is 17.0 Å². The predicted octanol–water partition coefficient (Wildman–Crippen LogP) is 3.32. The van der Waals surface area contributed by atoms with Crippen LogP contribution < -0.4 is 5.32 Å². The van der Waals surface area contributed by atoms with Gasteiger partial charge in [-0.1, -0.05) is 0 Å². The summed E-state index contributed by atoms with van der Waals surface area (Å²) in [6, 6.07) is 10.0. The normalized spacial score (nSPS) is 21.8. The standard InChI is InChI=1S/C22H25N7O/c1-22(30)9-3-4-15(13-22)25-20-6-5-18-21(26-20)29(14-24-18)16-7-10-23-19(12-16)17-8-11-28(2)27-17/h5-8,10-12,14-15,30H,3-4,9,13H2,1-2H3,(H,25,26)/t15-,22+/m1/s1. The molecule has 8 nitrogen and oxygen atoms in total. The monoisotopic (exact) mass is 403 g/mol. The van der Waals surface area contributed by atoms with Gasteiger partial charge >= 0.3 is 0 Å². The summed E-state index contributed by atoms with van der Waals surface area (Å²) in [6.07, 6.45) is 9.08. The minimum Gasteiger partial charge on any atom is -0.390 e. The van der Waals surface area contributed by atoms with Crippen LogP contribution in [0.4, 0.5) is 5.82 Å². The van der Waals surface area contributed by atoms with Crippen molar-refractivity contribution >= 4 is 17.0 Å². The van der Waals surface area contributed by atoms with Gasteiger partial charge in [0.15, 0.2) is 5.65 Å². The van der Waals surface area contributed by atoms with Crippen LogP contribution in [0, 0.1) is 0 Å². The molecule has 1 aliphatic rings. The van der Waals surface area contributed by atoms with Gasteiger partial charge in [-0.2, -0.15) is 5.10 Å². The van der Waals surface area contributed by atoms with E-state index in [1.807, 2.05) is 55.1 Å². The maximum absolute atomic E-state index is 10.4. The average Bonchev–Trinajstić information content (AvgIpc) is 3.33. The second-order valence-electron chi connectivity index (χ2n) is 8.36. The molecule has 2 N–H and O–H groups in total. The van der Waals surface area contributed by atoms with Crippen molar-refractivity contribution in [3.8, 4) is 17.1 Å². The topological polar surface area (TPSA) is 93.7 Å². The molecular formula is C22H25N7O. The van der Waals surface area contributed by atoms with E-state index in [1.165, 1.54) is 0 Å². The van der Waals surface area contributed by atoms with E-state index >= 15 is 0 Å². The van der Waals surface area contributed by atoms with E-state index in [-0.39, 0.29) is 6.04 Å². The number of pyridine rings is 2. The van der Waals surface area contributed by atoms with E-state index in [0.717, 1.165) is 59.7 Å². The van der Waals surface area contributed by atoms with E-state index in [2.05, 4.69) is 20.4 Å². The first-order chi connectivity index (χ1) is 14.5. The first-order valence-corrected chi connectivity index (χ1v) is 10.3. The van der Waals surface area contributed by atoms with Gasteiger partial charge in [0.25, 0.3) is 0 Å². The third-order valence-electron chi connectivity index (χ3n) is 5.70. The van der Waals surface area contributed by atoms with Crippen LogP contribution in [0.25, 0.3) is 28.2 Å². The molecule has 30 heavy (non-hydrogen) atoms. The number of hydrogen-bond donors (Lipinski definition) is 2. The van der Waals surface area contributed by atoms with E-state index in [0.29, 0.717) is 0 Å². The summed E-state index contributed by atoms with van der Waals surface area (Å²) in [4.78, 5) is 13.8. The van der Waals surface area contributed by atoms with Crippen LogP contribution in [0.15, 0.2) is 49.1 Å². The molecule has 4 heterocycles. The van der Waals surface area contributed by atoms with Crippen molar-refractivity contribution in [2.45, 2.75) is 44.2 Å². The lowest BCUT2D eigenvalue weighted by molar-refractivity contribution is 0.0182. The van der Waals surface area contributed by atoms with Crippen LogP contribution in [-0.4, -0.2) is 46.0 Å². The zero-order chi connectivity index (χ0) is 20.7. The average molecular weight is 403 g/mol. The number of fused-ring (bicyclic) bond motifs is 1. The van der Waals surface area contributed by atoms with Crippen LogP contribution in [0.5, 0.6) is 0 Å². The van der Waals surface area contributed by atoms with Crippen molar-refractivity contribution in [1.82, 2.24) is 29.3 Å². The third kappa shape index (κ3) is 3.66. The van der Waals surface area contributed by atoms with Crippen molar-refractivity contribution in [2.24, 2.45) is 7.05 Å². The number of anilines is 1. The highest BCUT2D eigenvalue weighted by molar-refractivity contribution is 5.75. The number of aryl methyl sites for hydroxylation is 1. The molecule has 154 valence electrons. The van der Waals surface area contributed by atoms with Gasteiger partial charge in [-0.3, -0.25) is 14.2 Å². The Hall–Kier alpha value is -3.26. The molecule has 0 aromatic carbocycles. The Balaban J connectivity index is 1.46. The van der Waals surface area contributed by atoms with Gasteiger partial charge in [0, 0.05) is 25.5 Å². The van der Waals surface area contributed by atoms with Gasteiger partial charge in [0.2, 0.25) is 0 Å². The second kappa shape index (κ2) is 7.21. The minimum absolute atomic E-state index is 0.215. The number of aliphatic hydroxyl groups is 1. The smallest absolute Gasteiger partial charge is 0.166 e. The van der Waals surface area contributed by atoms with Crippen molar-refractivity contribution < 1.29 is 5.11 Å². The number of aromatic nitrogens is 6. The van der Waals surface area contributed by atoms with Gasteiger partial charge < -0.3 is 10.4 Å². The van der Waals surface area contributed by atoms with Crippen LogP contribution in [-0.2, 0) is 7.05 Å². The van der Waals surface area contributed by atoms with Gasteiger partial charge in [-0.25, -0.2) is 9.97 Å². The molecule has 1 aliphatic carbocycles. The highest BCUT2D eigenvalue weighted by Crippen LogP contribution is 2.30. The van der Waals surface area contributed by atoms with Gasteiger partial charge in [0.1, 0.15) is 23.4 Å². The Morgan fingerprint density at radius 1 is 1.17 bits per heavy atom. The summed E-state index contributed by atoms with van der Waals surface area (Å²) in [6.45, 7) is 1.91. The number of rotatable bonds is 4. The molecule has 0 bridgehead atoms. The highest BCUT2D eigenvalue weighted by atomic mass is 16.3. The van der Waals surface area contributed by atoms with E-state index < -0.39 is 5.60 Å². The van der Waals surface area contributed by atoms with E-state index in [4.69, 9.17) is 4.98 Å². The fourth-order valence-electron chi connectivity index (χ4n) is 4.22. The van der Waals surface area contributed by atoms with Crippen LogP contribution in [0.1, 0.15) is 32.6 Å². The molecule has 2 atom stereocenters. The molecule has 1 saturated carbocycles. The summed E-state index contributed by atoms with van der Waals surface area (Å²) < 4.78 is 3.73. The number of nitrogens with zero attached hydrogens (tertiary/aromatic N) is 6. The fourth-order valence-corrected chi connectivity index (χ4v) is 4.22.